The Morgan fingerprint density at radius 3 is 2.36 bits per heavy atom. The average Bonchev–Trinajstić information content (AvgIpc) is 1.94. The Balaban J connectivity index is 3.46. The molecule has 0 aliphatic carbocycles. The molecule has 0 radical (unpaired) electrons. The van der Waals surface area contributed by atoms with Gasteiger partial charge in [0, 0.05) is 5.54 Å². The highest BCUT2D eigenvalue weighted by atomic mass is 16.6. The summed E-state index contributed by atoms with van der Waals surface area (Å²) in [6, 6.07) is 0. The first-order valence-corrected chi connectivity index (χ1v) is 4.97. The fourth-order valence-electron chi connectivity index (χ4n) is 0.805. The summed E-state index contributed by atoms with van der Waals surface area (Å²) in [5.74, 6) is 0.412. The van der Waals surface area contributed by atoms with Crippen molar-refractivity contribution in [2.45, 2.75) is 40.2 Å². The Hall–Kier alpha value is -0.610. The van der Waals surface area contributed by atoms with Crippen molar-refractivity contribution >= 4 is 5.91 Å². The van der Waals surface area contributed by atoms with E-state index in [0.29, 0.717) is 12.5 Å². The van der Waals surface area contributed by atoms with E-state index < -0.39 is 0 Å². The van der Waals surface area contributed by atoms with E-state index in [0.717, 1.165) is 0 Å². The monoisotopic (exact) mass is 202 g/mol. The van der Waals surface area contributed by atoms with Gasteiger partial charge in [-0.1, -0.05) is 13.8 Å². The van der Waals surface area contributed by atoms with Gasteiger partial charge in [-0.3, -0.25) is 4.79 Å². The first-order valence-electron chi connectivity index (χ1n) is 4.97. The van der Waals surface area contributed by atoms with Crippen LogP contribution in [0, 0.1) is 5.92 Å². The molecule has 0 fully saturated rings. The van der Waals surface area contributed by atoms with Gasteiger partial charge in [0.2, 0.25) is 5.91 Å². The van der Waals surface area contributed by atoms with Gasteiger partial charge < -0.3 is 10.2 Å². The molecule has 4 heteroatoms. The molecule has 0 heterocycles. The Morgan fingerprint density at radius 1 is 1.36 bits per heavy atom. The van der Waals surface area contributed by atoms with Crippen LogP contribution in [0.1, 0.15) is 34.6 Å². The second-order valence-corrected chi connectivity index (χ2v) is 4.82. The topological polar surface area (TPSA) is 50.4 Å². The minimum absolute atomic E-state index is 0.0544. The summed E-state index contributed by atoms with van der Waals surface area (Å²) in [5.41, 5.74) is 2.44. The van der Waals surface area contributed by atoms with Crippen LogP contribution in [0.2, 0.25) is 0 Å². The number of rotatable bonds is 5. The molecule has 84 valence electrons. The Morgan fingerprint density at radius 2 is 1.93 bits per heavy atom. The van der Waals surface area contributed by atoms with Crippen LogP contribution in [-0.4, -0.2) is 24.6 Å². The van der Waals surface area contributed by atoms with E-state index >= 15 is 0 Å². The van der Waals surface area contributed by atoms with Crippen molar-refractivity contribution in [2.24, 2.45) is 5.92 Å². The van der Waals surface area contributed by atoms with Gasteiger partial charge in [0.25, 0.3) is 0 Å². The minimum atomic E-state index is -0.184. The summed E-state index contributed by atoms with van der Waals surface area (Å²) < 4.78 is 0. The summed E-state index contributed by atoms with van der Waals surface area (Å²) in [6.07, 6.45) is 0. The van der Waals surface area contributed by atoms with Crippen molar-refractivity contribution in [3.05, 3.63) is 0 Å². The van der Waals surface area contributed by atoms with Gasteiger partial charge in [-0.25, -0.2) is 0 Å². The lowest BCUT2D eigenvalue weighted by Crippen LogP contribution is -2.44. The maximum absolute atomic E-state index is 11.2. The van der Waals surface area contributed by atoms with Gasteiger partial charge in [-0.2, -0.15) is 5.48 Å². The number of hydrogen-bond acceptors (Lipinski definition) is 3. The molecule has 14 heavy (non-hydrogen) atoms. The van der Waals surface area contributed by atoms with E-state index in [9.17, 15) is 4.79 Å². The van der Waals surface area contributed by atoms with Crippen LogP contribution in [0.3, 0.4) is 0 Å². The maximum atomic E-state index is 11.2. The molecule has 4 nitrogen and oxygen atoms in total. The van der Waals surface area contributed by atoms with Crippen LogP contribution in [0.4, 0.5) is 0 Å². The third-order valence-electron chi connectivity index (χ3n) is 1.27. The molecule has 0 atom stereocenters. The summed E-state index contributed by atoms with van der Waals surface area (Å²) >= 11 is 0. The lowest BCUT2D eigenvalue weighted by atomic mass is 10.1. The van der Waals surface area contributed by atoms with Crippen LogP contribution in [0.25, 0.3) is 0 Å². The zero-order chi connectivity index (χ0) is 11.2. The van der Waals surface area contributed by atoms with Crippen molar-refractivity contribution in [3.8, 4) is 0 Å². The van der Waals surface area contributed by atoms with E-state index in [-0.39, 0.29) is 18.0 Å². The minimum Gasteiger partial charge on any atom is -0.350 e. The molecule has 0 aliphatic rings. The predicted molar refractivity (Wildman–Crippen MR) is 56.7 cm³/mol. The summed E-state index contributed by atoms with van der Waals surface area (Å²) in [5, 5.41) is 2.83. The van der Waals surface area contributed by atoms with Crippen molar-refractivity contribution in [3.63, 3.8) is 0 Å². The number of hydroxylamine groups is 1. The van der Waals surface area contributed by atoms with Crippen molar-refractivity contribution in [1.82, 2.24) is 10.8 Å². The fraction of sp³-hybridized carbons (Fsp3) is 0.900. The molecule has 0 aromatic heterocycles. The van der Waals surface area contributed by atoms with E-state index in [1.165, 1.54) is 0 Å². The van der Waals surface area contributed by atoms with Crippen LogP contribution in [-0.2, 0) is 9.63 Å². The van der Waals surface area contributed by atoms with Crippen LogP contribution < -0.4 is 10.8 Å². The highest BCUT2D eigenvalue weighted by molar-refractivity contribution is 5.78. The zero-order valence-electron chi connectivity index (χ0n) is 9.81. The average molecular weight is 202 g/mol. The van der Waals surface area contributed by atoms with Crippen LogP contribution in [0.15, 0.2) is 0 Å². The lowest BCUT2D eigenvalue weighted by Gasteiger charge is -2.20. The van der Waals surface area contributed by atoms with Crippen molar-refractivity contribution in [2.75, 3.05) is 13.2 Å². The molecule has 0 rings (SSSR count). The number of carbonyl (C=O) groups is 1. The van der Waals surface area contributed by atoms with Gasteiger partial charge in [-0.05, 0) is 26.7 Å². The molecule has 0 bridgehead atoms. The molecule has 0 aromatic carbocycles. The molecular weight excluding hydrogens is 180 g/mol. The van der Waals surface area contributed by atoms with Gasteiger partial charge in [-0.15, -0.1) is 0 Å². The van der Waals surface area contributed by atoms with Gasteiger partial charge in [0.05, 0.1) is 13.2 Å². The summed E-state index contributed by atoms with van der Waals surface area (Å²) in [7, 11) is 0. The Bertz CT molecular complexity index is 173. The summed E-state index contributed by atoms with van der Waals surface area (Å²) in [4.78, 5) is 16.3. The van der Waals surface area contributed by atoms with Gasteiger partial charge in [0.1, 0.15) is 0 Å². The van der Waals surface area contributed by atoms with Crippen LogP contribution >= 0.6 is 0 Å². The highest BCUT2D eigenvalue weighted by Crippen LogP contribution is 1.97. The molecule has 0 spiro atoms. The zero-order valence-corrected chi connectivity index (χ0v) is 9.81. The molecule has 1 amide bonds. The predicted octanol–water partition coefficient (Wildman–Crippen LogP) is 1.08. The maximum Gasteiger partial charge on any atom is 0.236 e. The second-order valence-electron chi connectivity index (χ2n) is 4.82. The van der Waals surface area contributed by atoms with E-state index in [2.05, 4.69) is 24.6 Å². The standard InChI is InChI=1S/C10H22N2O2/c1-8(2)7-14-11-6-9(13)12-10(3,4)5/h8,11H,6-7H2,1-5H3,(H,12,13). The first-order chi connectivity index (χ1) is 6.31. The van der Waals surface area contributed by atoms with E-state index in [4.69, 9.17) is 4.84 Å². The molecule has 0 unspecified atom stereocenters. The first kappa shape index (κ1) is 13.4. The fourth-order valence-corrected chi connectivity index (χ4v) is 0.805. The molecular formula is C10H22N2O2. The lowest BCUT2D eigenvalue weighted by molar-refractivity contribution is -0.124. The molecule has 0 saturated carbocycles. The SMILES string of the molecule is CC(C)CONCC(=O)NC(C)(C)C. The highest BCUT2D eigenvalue weighted by Gasteiger charge is 2.12. The number of amides is 1. The molecule has 2 N–H and O–H groups in total. The third-order valence-corrected chi connectivity index (χ3v) is 1.27. The number of nitrogens with one attached hydrogen (secondary N) is 2. The Kier molecular flexibility index (Phi) is 5.72. The van der Waals surface area contributed by atoms with Crippen LogP contribution in [0.5, 0.6) is 0 Å². The second kappa shape index (κ2) is 5.98. The van der Waals surface area contributed by atoms with Crippen molar-refractivity contribution < 1.29 is 9.63 Å². The van der Waals surface area contributed by atoms with E-state index in [1.807, 2.05) is 20.8 Å². The molecule has 0 saturated heterocycles. The number of carbonyl (C=O) groups excluding carboxylic acids is 1. The van der Waals surface area contributed by atoms with Gasteiger partial charge in [0.15, 0.2) is 0 Å². The van der Waals surface area contributed by atoms with Crippen molar-refractivity contribution in [1.29, 1.82) is 0 Å². The third kappa shape index (κ3) is 9.48. The van der Waals surface area contributed by atoms with E-state index in [1.54, 1.807) is 0 Å². The summed E-state index contributed by atoms with van der Waals surface area (Å²) in [6.45, 7) is 10.8. The molecule has 0 aliphatic heterocycles. The number of hydrogen-bond donors (Lipinski definition) is 2. The van der Waals surface area contributed by atoms with Gasteiger partial charge >= 0.3 is 0 Å². The Labute approximate surface area is 86.4 Å². The normalized spacial score (nSPS) is 11.9. The molecule has 0 aromatic rings. The smallest absolute Gasteiger partial charge is 0.236 e. The quantitative estimate of drug-likeness (QED) is 0.518. The largest absolute Gasteiger partial charge is 0.350 e.